The Hall–Kier alpha value is -1.22. The lowest BCUT2D eigenvalue weighted by Crippen LogP contribution is -2.70. The van der Waals surface area contributed by atoms with Gasteiger partial charge in [0.25, 0.3) is 0 Å². The number of rotatable bonds is 6. The maximum Gasteiger partial charge on any atom is 0.305 e. The lowest BCUT2D eigenvalue weighted by molar-refractivity contribution is -0.578. The summed E-state index contributed by atoms with van der Waals surface area (Å²) in [6.45, 7) is 6.38. The molecule has 4 saturated heterocycles. The van der Waals surface area contributed by atoms with Crippen molar-refractivity contribution in [1.29, 1.82) is 0 Å². The van der Waals surface area contributed by atoms with Crippen LogP contribution < -0.4 is 0 Å². The van der Waals surface area contributed by atoms with Gasteiger partial charge in [-0.15, -0.1) is 0 Å². The van der Waals surface area contributed by atoms with Crippen molar-refractivity contribution in [2.24, 2.45) is 23.7 Å². The molecule has 8 heteroatoms. The fourth-order valence-corrected chi connectivity index (χ4v) is 6.66. The first kappa shape index (κ1) is 24.5. The van der Waals surface area contributed by atoms with Crippen molar-refractivity contribution in [3.63, 3.8) is 0 Å². The van der Waals surface area contributed by atoms with Gasteiger partial charge in [0.2, 0.25) is 5.79 Å². The Bertz CT molecular complexity index is 894. The molecule has 1 aromatic rings. The average Bonchev–Trinajstić information content (AvgIpc) is 3.06. The van der Waals surface area contributed by atoms with Gasteiger partial charge in [-0.1, -0.05) is 37.6 Å². The molecule has 0 N–H and O–H groups in total. The highest BCUT2D eigenvalue weighted by Gasteiger charge is 2.69. The number of carbonyl (C=O) groups is 1. The van der Waals surface area contributed by atoms with Gasteiger partial charge in [0, 0.05) is 29.7 Å². The SMILES string of the molecule is COC(=O)CC[C@@H](O[C@H]1O[C@@H]2O[C@]3(C)CC[C@H]4[C@H](C)CCC([C@H]1C)[C@@]24OO3)c1ccc(Cl)cc1. The van der Waals surface area contributed by atoms with Crippen LogP contribution >= 0.6 is 11.6 Å². The first-order valence-electron chi connectivity index (χ1n) is 12.4. The molecule has 5 fully saturated rings. The van der Waals surface area contributed by atoms with Gasteiger partial charge in [-0.2, -0.15) is 0 Å². The monoisotopic (exact) mass is 494 g/mol. The van der Waals surface area contributed by atoms with Gasteiger partial charge < -0.3 is 18.9 Å². The highest BCUT2D eigenvalue weighted by molar-refractivity contribution is 6.30. The van der Waals surface area contributed by atoms with E-state index in [0.717, 1.165) is 31.2 Å². The number of halogens is 1. The summed E-state index contributed by atoms with van der Waals surface area (Å²) < 4.78 is 24.5. The molecule has 9 atom stereocenters. The second-order valence-corrected chi connectivity index (χ2v) is 11.0. The predicted molar refractivity (Wildman–Crippen MR) is 123 cm³/mol. The van der Waals surface area contributed by atoms with E-state index >= 15 is 0 Å². The Morgan fingerprint density at radius 3 is 2.65 bits per heavy atom. The van der Waals surface area contributed by atoms with Crippen molar-refractivity contribution in [2.75, 3.05) is 7.11 Å². The molecule has 1 aliphatic carbocycles. The summed E-state index contributed by atoms with van der Waals surface area (Å²) in [5, 5.41) is 0.648. The Morgan fingerprint density at radius 1 is 1.15 bits per heavy atom. The molecule has 0 aromatic heterocycles. The first-order valence-corrected chi connectivity index (χ1v) is 12.8. The number of carbonyl (C=O) groups excluding carboxylic acids is 1. The number of esters is 1. The summed E-state index contributed by atoms with van der Waals surface area (Å²) >= 11 is 6.11. The highest BCUT2D eigenvalue weighted by Crippen LogP contribution is 2.60. The molecule has 7 nitrogen and oxygen atoms in total. The van der Waals surface area contributed by atoms with E-state index in [1.54, 1.807) is 0 Å². The third kappa shape index (κ3) is 4.18. The van der Waals surface area contributed by atoms with Crippen molar-refractivity contribution >= 4 is 17.6 Å². The van der Waals surface area contributed by atoms with Crippen molar-refractivity contribution in [3.05, 3.63) is 34.9 Å². The summed E-state index contributed by atoms with van der Waals surface area (Å²) in [5.74, 6) is -0.0771. The minimum absolute atomic E-state index is 0.0498. The Kier molecular flexibility index (Phi) is 6.72. The Balaban J connectivity index is 1.42. The summed E-state index contributed by atoms with van der Waals surface area (Å²) in [5.41, 5.74) is 0.309. The van der Waals surface area contributed by atoms with Crippen LogP contribution in [0.4, 0.5) is 0 Å². The van der Waals surface area contributed by atoms with Crippen LogP contribution in [-0.2, 0) is 33.5 Å². The van der Waals surface area contributed by atoms with Gasteiger partial charge in [0.1, 0.15) is 0 Å². The van der Waals surface area contributed by atoms with Crippen LogP contribution in [0, 0.1) is 23.7 Å². The zero-order chi connectivity index (χ0) is 24.1. The zero-order valence-corrected chi connectivity index (χ0v) is 21.1. The Labute approximate surface area is 206 Å². The summed E-state index contributed by atoms with van der Waals surface area (Å²) in [4.78, 5) is 24.0. The molecule has 0 radical (unpaired) electrons. The molecule has 188 valence electrons. The second kappa shape index (κ2) is 9.34. The van der Waals surface area contributed by atoms with Crippen LogP contribution in [0.1, 0.15) is 71.0 Å². The van der Waals surface area contributed by atoms with Crippen molar-refractivity contribution < 1.29 is 33.5 Å². The van der Waals surface area contributed by atoms with Gasteiger partial charge in [0.15, 0.2) is 18.2 Å². The summed E-state index contributed by atoms with van der Waals surface area (Å²) in [7, 11) is 1.40. The largest absolute Gasteiger partial charge is 0.469 e. The van der Waals surface area contributed by atoms with Gasteiger partial charge in [-0.3, -0.25) is 4.79 Å². The minimum Gasteiger partial charge on any atom is -0.469 e. The number of ether oxygens (including phenoxy) is 4. The minimum atomic E-state index is -0.830. The van der Waals surface area contributed by atoms with E-state index in [2.05, 4.69) is 13.8 Å². The number of hydrogen-bond donors (Lipinski definition) is 0. The van der Waals surface area contributed by atoms with Gasteiger partial charge in [-0.05, 0) is 62.1 Å². The molecule has 6 rings (SSSR count). The Morgan fingerprint density at radius 2 is 1.91 bits per heavy atom. The molecule has 4 aliphatic heterocycles. The smallest absolute Gasteiger partial charge is 0.305 e. The van der Waals surface area contributed by atoms with Crippen LogP contribution in [0.2, 0.25) is 5.02 Å². The van der Waals surface area contributed by atoms with E-state index in [0.29, 0.717) is 23.3 Å². The number of hydrogen-bond acceptors (Lipinski definition) is 7. The van der Waals surface area contributed by atoms with Crippen LogP contribution in [0.15, 0.2) is 24.3 Å². The molecule has 1 aromatic carbocycles. The molecular weight excluding hydrogens is 460 g/mol. The van der Waals surface area contributed by atoms with Crippen molar-refractivity contribution in [1.82, 2.24) is 0 Å². The van der Waals surface area contributed by atoms with E-state index in [-0.39, 0.29) is 30.3 Å². The fourth-order valence-electron chi connectivity index (χ4n) is 6.53. The highest BCUT2D eigenvalue weighted by atomic mass is 35.5. The van der Waals surface area contributed by atoms with Crippen LogP contribution in [0.3, 0.4) is 0 Å². The number of fused-ring (bicyclic) bond motifs is 2. The third-order valence-corrected chi connectivity index (χ3v) is 8.73. The standard InChI is InChI=1S/C26H35ClO7/c1-15-5-10-20-16(2)23(31-24-26(20)19(15)13-14-25(3,32-24)33-34-26)30-21(11-12-22(28)29-4)17-6-8-18(27)9-7-17/h6-9,15-16,19-21,23-24H,5,10-14H2,1-4H3/t15-,16-,19+,20?,21-,23+,24-,25+,26-/m1/s1. The van der Waals surface area contributed by atoms with Crippen molar-refractivity contribution in [2.45, 2.75) is 89.4 Å². The van der Waals surface area contributed by atoms with E-state index in [9.17, 15) is 4.79 Å². The van der Waals surface area contributed by atoms with Crippen LogP contribution in [0.5, 0.6) is 0 Å². The third-order valence-electron chi connectivity index (χ3n) is 8.48. The molecular formula is C26H35ClO7. The quantitative estimate of drug-likeness (QED) is 0.378. The molecule has 34 heavy (non-hydrogen) atoms. The average molecular weight is 495 g/mol. The molecule has 1 spiro atoms. The lowest BCUT2D eigenvalue weighted by atomic mass is 9.58. The number of benzene rings is 1. The molecule has 4 heterocycles. The maximum atomic E-state index is 11.9. The lowest BCUT2D eigenvalue weighted by Gasteiger charge is -2.60. The zero-order valence-electron chi connectivity index (χ0n) is 20.3. The number of methoxy groups -OCH3 is 1. The topological polar surface area (TPSA) is 72.5 Å². The second-order valence-electron chi connectivity index (χ2n) is 10.6. The normalized spacial score (nSPS) is 41.9. The first-order chi connectivity index (χ1) is 16.3. The fraction of sp³-hybridized carbons (Fsp3) is 0.731. The van der Waals surface area contributed by atoms with Crippen molar-refractivity contribution in [3.8, 4) is 0 Å². The van der Waals surface area contributed by atoms with E-state index < -0.39 is 24.0 Å². The maximum absolute atomic E-state index is 11.9. The molecule has 2 bridgehead atoms. The summed E-state index contributed by atoms with van der Waals surface area (Å²) in [6.07, 6.45) is 3.15. The molecule has 0 amide bonds. The van der Waals surface area contributed by atoms with Gasteiger partial charge in [0.05, 0.1) is 13.2 Å². The van der Waals surface area contributed by atoms with E-state index in [1.165, 1.54) is 7.11 Å². The van der Waals surface area contributed by atoms with Gasteiger partial charge >= 0.3 is 5.97 Å². The molecule has 1 unspecified atom stereocenters. The van der Waals surface area contributed by atoms with E-state index in [1.807, 2.05) is 31.2 Å². The predicted octanol–water partition coefficient (Wildman–Crippen LogP) is 5.56. The van der Waals surface area contributed by atoms with Crippen LogP contribution in [0.25, 0.3) is 0 Å². The van der Waals surface area contributed by atoms with Crippen LogP contribution in [-0.4, -0.2) is 37.0 Å². The molecule has 1 saturated carbocycles. The molecule has 5 aliphatic rings. The van der Waals surface area contributed by atoms with E-state index in [4.69, 9.17) is 40.3 Å². The van der Waals surface area contributed by atoms with Gasteiger partial charge in [-0.25, -0.2) is 9.78 Å². The summed E-state index contributed by atoms with van der Waals surface area (Å²) in [6, 6.07) is 7.52.